The number of fused-ring (bicyclic) bond motifs is 1. The molecule has 156 valence electrons. The molecule has 1 aliphatic rings. The number of hydrogen-bond acceptors (Lipinski definition) is 6. The van der Waals surface area contributed by atoms with E-state index >= 15 is 0 Å². The molecule has 7 nitrogen and oxygen atoms in total. The maximum atomic E-state index is 12.2. The second kappa shape index (κ2) is 10.4. The number of nitrogens with one attached hydrogen (secondary N) is 2. The number of thiophene rings is 1. The smallest absolute Gasteiger partial charge is 0.325 e. The summed E-state index contributed by atoms with van der Waals surface area (Å²) in [4.78, 5) is 37.2. The standard InChI is InChI=1S/C21H20BrN3O4S/c22-14-6-4-5-13(9-14)20(28)24-11-19(27)29-12-18(26)25-21-16(10-23)15-7-2-1-3-8-17(15)30-21/h4-6,9H,1-3,7-8,11-12H2,(H,24,28)(H,25,26). The third kappa shape index (κ3) is 5.68. The third-order valence-electron chi connectivity index (χ3n) is 4.63. The van der Waals surface area contributed by atoms with E-state index < -0.39 is 24.4 Å². The molecule has 0 saturated heterocycles. The molecule has 0 aliphatic heterocycles. The highest BCUT2D eigenvalue weighted by Crippen LogP contribution is 2.36. The highest BCUT2D eigenvalue weighted by Gasteiger charge is 2.21. The molecule has 1 aliphatic carbocycles. The van der Waals surface area contributed by atoms with Gasteiger partial charge in [-0.3, -0.25) is 14.4 Å². The van der Waals surface area contributed by atoms with E-state index in [1.165, 1.54) is 11.3 Å². The van der Waals surface area contributed by atoms with E-state index in [0.717, 1.165) is 47.0 Å². The van der Waals surface area contributed by atoms with E-state index in [2.05, 4.69) is 32.6 Å². The van der Waals surface area contributed by atoms with Gasteiger partial charge in [0.15, 0.2) is 6.61 Å². The van der Waals surface area contributed by atoms with Crippen LogP contribution in [0.5, 0.6) is 0 Å². The number of amides is 2. The zero-order chi connectivity index (χ0) is 21.5. The Morgan fingerprint density at radius 2 is 2.00 bits per heavy atom. The number of benzene rings is 1. The van der Waals surface area contributed by atoms with Gasteiger partial charge in [-0.25, -0.2) is 0 Å². The Kier molecular flexibility index (Phi) is 7.60. The lowest BCUT2D eigenvalue weighted by atomic mass is 10.1. The van der Waals surface area contributed by atoms with Crippen molar-refractivity contribution in [3.8, 4) is 6.07 Å². The fraction of sp³-hybridized carbons (Fsp3) is 0.333. The highest BCUT2D eigenvalue weighted by atomic mass is 79.9. The molecule has 2 aromatic rings. The number of esters is 1. The molecule has 0 atom stereocenters. The predicted molar refractivity (Wildman–Crippen MR) is 116 cm³/mol. The molecule has 1 aromatic carbocycles. The molecule has 0 spiro atoms. The SMILES string of the molecule is N#Cc1c(NC(=O)COC(=O)CNC(=O)c2cccc(Br)c2)sc2c1CCCCC2. The van der Waals surface area contributed by atoms with Crippen molar-refractivity contribution in [2.45, 2.75) is 32.1 Å². The fourth-order valence-corrected chi connectivity index (χ4v) is 4.85. The largest absolute Gasteiger partial charge is 0.454 e. The minimum Gasteiger partial charge on any atom is -0.454 e. The topological polar surface area (TPSA) is 108 Å². The summed E-state index contributed by atoms with van der Waals surface area (Å²) in [5, 5.41) is 15.1. The monoisotopic (exact) mass is 489 g/mol. The Morgan fingerprint density at radius 1 is 1.20 bits per heavy atom. The summed E-state index contributed by atoms with van der Waals surface area (Å²) in [5.41, 5.74) is 1.94. The maximum Gasteiger partial charge on any atom is 0.325 e. The molecule has 0 unspecified atom stereocenters. The first-order valence-electron chi connectivity index (χ1n) is 9.52. The van der Waals surface area contributed by atoms with Gasteiger partial charge in [0.25, 0.3) is 11.8 Å². The molecule has 2 amide bonds. The lowest BCUT2D eigenvalue weighted by Crippen LogP contribution is -2.32. The minimum absolute atomic E-state index is 0.352. The van der Waals surface area contributed by atoms with Crippen molar-refractivity contribution in [1.29, 1.82) is 5.26 Å². The number of hydrogen-bond donors (Lipinski definition) is 2. The molecule has 30 heavy (non-hydrogen) atoms. The van der Waals surface area contributed by atoms with E-state index in [9.17, 15) is 19.6 Å². The first-order chi connectivity index (χ1) is 14.5. The summed E-state index contributed by atoms with van der Waals surface area (Å²) >= 11 is 4.70. The van der Waals surface area contributed by atoms with Gasteiger partial charge in [-0.2, -0.15) is 5.26 Å². The molecule has 3 rings (SSSR count). The highest BCUT2D eigenvalue weighted by molar-refractivity contribution is 9.10. The van der Waals surface area contributed by atoms with Crippen molar-refractivity contribution in [3.05, 3.63) is 50.3 Å². The van der Waals surface area contributed by atoms with Crippen molar-refractivity contribution >= 4 is 50.1 Å². The van der Waals surface area contributed by atoms with E-state index in [0.29, 0.717) is 16.1 Å². The van der Waals surface area contributed by atoms with Crippen molar-refractivity contribution in [3.63, 3.8) is 0 Å². The van der Waals surface area contributed by atoms with Gasteiger partial charge in [0.2, 0.25) is 0 Å². The van der Waals surface area contributed by atoms with Gasteiger partial charge < -0.3 is 15.4 Å². The zero-order valence-electron chi connectivity index (χ0n) is 16.1. The molecule has 0 bridgehead atoms. The number of carbonyl (C=O) groups excluding carboxylic acids is 3. The molecule has 0 fully saturated rings. The Morgan fingerprint density at radius 3 is 2.77 bits per heavy atom. The Bertz CT molecular complexity index is 1010. The maximum absolute atomic E-state index is 12.2. The van der Waals surface area contributed by atoms with Crippen LogP contribution in [-0.2, 0) is 27.2 Å². The molecular weight excluding hydrogens is 470 g/mol. The number of rotatable bonds is 6. The van der Waals surface area contributed by atoms with Gasteiger partial charge in [0, 0.05) is 14.9 Å². The van der Waals surface area contributed by atoms with Crippen molar-refractivity contribution in [1.82, 2.24) is 5.32 Å². The van der Waals surface area contributed by atoms with E-state index in [4.69, 9.17) is 4.74 Å². The summed E-state index contributed by atoms with van der Waals surface area (Å²) in [6.07, 6.45) is 5.01. The summed E-state index contributed by atoms with van der Waals surface area (Å²) < 4.78 is 5.68. The van der Waals surface area contributed by atoms with E-state index in [1.54, 1.807) is 24.3 Å². The normalized spacial score (nSPS) is 12.8. The number of nitriles is 1. The first kappa shape index (κ1) is 22.0. The van der Waals surface area contributed by atoms with Crippen LogP contribution in [0.3, 0.4) is 0 Å². The van der Waals surface area contributed by atoms with Gasteiger partial charge in [0.1, 0.15) is 17.6 Å². The quantitative estimate of drug-likeness (QED) is 0.476. The number of nitrogens with zero attached hydrogens (tertiary/aromatic N) is 1. The van der Waals surface area contributed by atoms with Gasteiger partial charge >= 0.3 is 5.97 Å². The second-order valence-corrected chi connectivity index (χ2v) is 8.80. The number of anilines is 1. The van der Waals surface area contributed by atoms with Crippen molar-refractivity contribution in [2.75, 3.05) is 18.5 Å². The van der Waals surface area contributed by atoms with Gasteiger partial charge in [-0.15, -0.1) is 11.3 Å². The first-order valence-corrected chi connectivity index (χ1v) is 11.1. The number of carbonyl (C=O) groups is 3. The second-order valence-electron chi connectivity index (χ2n) is 6.78. The van der Waals surface area contributed by atoms with Crippen LogP contribution in [0.15, 0.2) is 28.7 Å². The van der Waals surface area contributed by atoms with Gasteiger partial charge in [-0.05, 0) is 49.4 Å². The van der Waals surface area contributed by atoms with Crippen LogP contribution < -0.4 is 10.6 Å². The van der Waals surface area contributed by atoms with Crippen LogP contribution in [0.4, 0.5) is 5.00 Å². The van der Waals surface area contributed by atoms with Crippen LogP contribution in [0.1, 0.15) is 45.6 Å². The summed E-state index contributed by atoms with van der Waals surface area (Å²) in [6, 6.07) is 8.93. The molecule has 0 radical (unpaired) electrons. The Labute approximate surface area is 186 Å². The van der Waals surface area contributed by atoms with E-state index in [-0.39, 0.29) is 6.54 Å². The lowest BCUT2D eigenvalue weighted by Gasteiger charge is -2.07. The Balaban J connectivity index is 1.48. The number of ether oxygens (including phenoxy) is 1. The zero-order valence-corrected chi connectivity index (χ0v) is 18.5. The lowest BCUT2D eigenvalue weighted by molar-refractivity contribution is -0.146. The van der Waals surface area contributed by atoms with Crippen LogP contribution >= 0.6 is 27.3 Å². The average Bonchev–Trinajstić information content (AvgIpc) is 2.89. The summed E-state index contributed by atoms with van der Waals surface area (Å²) in [5.74, 6) is -1.66. The van der Waals surface area contributed by atoms with Crippen LogP contribution in [0, 0.1) is 11.3 Å². The summed E-state index contributed by atoms with van der Waals surface area (Å²) in [6.45, 7) is -0.839. The Hall–Kier alpha value is -2.70. The van der Waals surface area contributed by atoms with Crippen LogP contribution in [0.25, 0.3) is 0 Å². The summed E-state index contributed by atoms with van der Waals surface area (Å²) in [7, 11) is 0. The molecule has 1 heterocycles. The number of aryl methyl sites for hydroxylation is 1. The van der Waals surface area contributed by atoms with Crippen molar-refractivity contribution < 1.29 is 19.1 Å². The van der Waals surface area contributed by atoms with Gasteiger partial charge in [0.05, 0.1) is 5.56 Å². The number of halogens is 1. The van der Waals surface area contributed by atoms with Gasteiger partial charge in [-0.1, -0.05) is 28.4 Å². The minimum atomic E-state index is -0.726. The molecule has 9 heteroatoms. The van der Waals surface area contributed by atoms with Crippen LogP contribution in [0.2, 0.25) is 0 Å². The van der Waals surface area contributed by atoms with Crippen LogP contribution in [-0.4, -0.2) is 30.9 Å². The third-order valence-corrected chi connectivity index (χ3v) is 6.33. The molecule has 0 saturated carbocycles. The van der Waals surface area contributed by atoms with E-state index in [1.807, 2.05) is 0 Å². The van der Waals surface area contributed by atoms with Crippen molar-refractivity contribution in [2.24, 2.45) is 0 Å². The molecule has 1 aromatic heterocycles. The molecule has 2 N–H and O–H groups in total. The molecular formula is C21H20BrN3O4S. The average molecular weight is 490 g/mol. The fourth-order valence-electron chi connectivity index (χ4n) is 3.19. The predicted octanol–water partition coefficient (Wildman–Crippen LogP) is 3.56.